The summed E-state index contributed by atoms with van der Waals surface area (Å²) in [5, 5.41) is 0. The molecule has 0 unspecified atom stereocenters. The summed E-state index contributed by atoms with van der Waals surface area (Å²) in [6, 6.07) is 10.8. The van der Waals surface area contributed by atoms with Gasteiger partial charge in [0, 0.05) is 20.5 Å². The van der Waals surface area contributed by atoms with Crippen LogP contribution >= 0.6 is 0 Å². The first kappa shape index (κ1) is 16.6. The molecular formula is C19H24N4O. The molecule has 2 aromatic rings. The van der Waals surface area contributed by atoms with E-state index in [0.717, 1.165) is 30.9 Å². The van der Waals surface area contributed by atoms with Crippen LogP contribution in [0.25, 0.3) is 0 Å². The minimum Gasteiger partial charge on any atom is -0.340 e. The second-order valence-electron chi connectivity index (χ2n) is 6.42. The molecule has 2 heterocycles. The summed E-state index contributed by atoms with van der Waals surface area (Å²) >= 11 is 0. The van der Waals surface area contributed by atoms with Crippen molar-refractivity contribution in [1.82, 2.24) is 19.8 Å². The number of carbonyl (C=O) groups excluding carboxylic acids is 1. The monoisotopic (exact) mass is 324 g/mol. The molecule has 1 saturated heterocycles. The third-order valence-corrected chi connectivity index (χ3v) is 4.57. The normalized spacial score (nSPS) is 17.8. The first-order valence-corrected chi connectivity index (χ1v) is 8.44. The Morgan fingerprint density at radius 2 is 2.08 bits per heavy atom. The average molecular weight is 324 g/mol. The molecule has 0 radical (unpaired) electrons. The van der Waals surface area contributed by atoms with Crippen molar-refractivity contribution >= 4 is 5.91 Å². The van der Waals surface area contributed by atoms with E-state index in [9.17, 15) is 4.79 Å². The van der Waals surface area contributed by atoms with Crippen LogP contribution in [0.15, 0.2) is 42.7 Å². The fraction of sp³-hybridized carbons (Fsp3) is 0.421. The number of rotatable bonds is 5. The minimum absolute atomic E-state index is 0.0359. The van der Waals surface area contributed by atoms with Crippen LogP contribution in [0.4, 0.5) is 0 Å². The van der Waals surface area contributed by atoms with Gasteiger partial charge < -0.3 is 4.90 Å². The van der Waals surface area contributed by atoms with Gasteiger partial charge in [-0.25, -0.2) is 0 Å². The van der Waals surface area contributed by atoms with Crippen LogP contribution in [0.2, 0.25) is 0 Å². The van der Waals surface area contributed by atoms with E-state index in [-0.39, 0.29) is 5.91 Å². The second-order valence-corrected chi connectivity index (χ2v) is 6.42. The quantitative estimate of drug-likeness (QED) is 0.848. The van der Waals surface area contributed by atoms with Crippen molar-refractivity contribution < 1.29 is 4.79 Å². The zero-order valence-electron chi connectivity index (χ0n) is 14.4. The first-order chi connectivity index (χ1) is 11.6. The Kier molecular flexibility index (Phi) is 5.20. The highest BCUT2D eigenvalue weighted by molar-refractivity contribution is 5.72. The molecule has 126 valence electrons. The number of hydrogen-bond donors (Lipinski definition) is 0. The van der Waals surface area contributed by atoms with Gasteiger partial charge in [0.25, 0.3) is 0 Å². The van der Waals surface area contributed by atoms with Gasteiger partial charge in [0.15, 0.2) is 0 Å². The van der Waals surface area contributed by atoms with Crippen LogP contribution in [0.3, 0.4) is 0 Å². The highest BCUT2D eigenvalue weighted by atomic mass is 16.2. The van der Waals surface area contributed by atoms with E-state index >= 15 is 0 Å². The fourth-order valence-electron chi connectivity index (χ4n) is 3.18. The van der Waals surface area contributed by atoms with Crippen LogP contribution in [0.1, 0.15) is 42.8 Å². The Labute approximate surface area is 143 Å². The van der Waals surface area contributed by atoms with Crippen LogP contribution in [-0.4, -0.2) is 39.3 Å². The highest BCUT2D eigenvalue weighted by Gasteiger charge is 2.27. The standard InChI is InChI=1S/C19H24N4O/c1-15(24)22(2)14-17-11-20-12-18(21-17)19-9-6-10-23(19)13-16-7-4-3-5-8-16/h3-5,7-8,11-12,19H,6,9-10,13-14H2,1-2H3/t19-/m0/s1. The molecule has 1 atom stereocenters. The maximum atomic E-state index is 11.4. The van der Waals surface area contributed by atoms with Gasteiger partial charge in [-0.2, -0.15) is 0 Å². The Hall–Kier alpha value is -2.27. The Bertz CT molecular complexity index is 689. The smallest absolute Gasteiger partial charge is 0.219 e. The maximum absolute atomic E-state index is 11.4. The van der Waals surface area contributed by atoms with Crippen molar-refractivity contribution in [3.63, 3.8) is 0 Å². The van der Waals surface area contributed by atoms with E-state index in [2.05, 4.69) is 34.1 Å². The van der Waals surface area contributed by atoms with Gasteiger partial charge >= 0.3 is 0 Å². The van der Waals surface area contributed by atoms with Crippen LogP contribution < -0.4 is 0 Å². The number of carbonyl (C=O) groups is 1. The summed E-state index contributed by atoms with van der Waals surface area (Å²) in [6.45, 7) is 4.08. The molecule has 0 spiro atoms. The van der Waals surface area contributed by atoms with Gasteiger partial charge in [-0.3, -0.25) is 19.7 Å². The number of amides is 1. The molecule has 24 heavy (non-hydrogen) atoms. The van der Waals surface area contributed by atoms with Gasteiger partial charge in [-0.05, 0) is 24.9 Å². The third kappa shape index (κ3) is 3.97. The molecule has 3 rings (SSSR count). The Morgan fingerprint density at radius 3 is 2.83 bits per heavy atom. The first-order valence-electron chi connectivity index (χ1n) is 8.44. The van der Waals surface area contributed by atoms with E-state index < -0.39 is 0 Å². The summed E-state index contributed by atoms with van der Waals surface area (Å²) in [5.41, 5.74) is 3.18. The summed E-state index contributed by atoms with van der Waals surface area (Å²) in [6.07, 6.45) is 5.90. The maximum Gasteiger partial charge on any atom is 0.219 e. The lowest BCUT2D eigenvalue weighted by atomic mass is 10.1. The average Bonchev–Trinajstić information content (AvgIpc) is 3.04. The van der Waals surface area contributed by atoms with Crippen molar-refractivity contribution in [2.75, 3.05) is 13.6 Å². The van der Waals surface area contributed by atoms with Crippen LogP contribution in [0, 0.1) is 0 Å². The van der Waals surface area contributed by atoms with E-state index in [0.29, 0.717) is 12.6 Å². The molecule has 0 aliphatic carbocycles. The molecule has 5 nitrogen and oxygen atoms in total. The number of aromatic nitrogens is 2. The molecule has 1 amide bonds. The number of hydrogen-bond acceptors (Lipinski definition) is 4. The van der Waals surface area contributed by atoms with Crippen LogP contribution in [0.5, 0.6) is 0 Å². The number of likely N-dealkylation sites (tertiary alicyclic amines) is 1. The Morgan fingerprint density at radius 1 is 1.29 bits per heavy atom. The van der Waals surface area contributed by atoms with E-state index in [1.165, 1.54) is 12.0 Å². The lowest BCUT2D eigenvalue weighted by Crippen LogP contribution is -2.26. The van der Waals surface area contributed by atoms with Crippen molar-refractivity contribution in [3.8, 4) is 0 Å². The summed E-state index contributed by atoms with van der Waals surface area (Å²) < 4.78 is 0. The molecule has 1 aromatic carbocycles. The zero-order chi connectivity index (χ0) is 16.9. The molecule has 5 heteroatoms. The van der Waals surface area contributed by atoms with Gasteiger partial charge in [-0.1, -0.05) is 30.3 Å². The predicted octanol–water partition coefficient (Wildman–Crippen LogP) is 2.79. The summed E-state index contributed by atoms with van der Waals surface area (Å²) in [7, 11) is 1.79. The second kappa shape index (κ2) is 7.53. The topological polar surface area (TPSA) is 49.3 Å². The highest BCUT2D eigenvalue weighted by Crippen LogP contribution is 2.31. The fourth-order valence-corrected chi connectivity index (χ4v) is 3.18. The molecule has 1 aliphatic rings. The largest absolute Gasteiger partial charge is 0.340 e. The predicted molar refractivity (Wildman–Crippen MR) is 93.0 cm³/mol. The summed E-state index contributed by atoms with van der Waals surface area (Å²) in [4.78, 5) is 24.7. The van der Waals surface area contributed by atoms with Crippen molar-refractivity contribution in [3.05, 3.63) is 59.7 Å². The molecule has 1 aromatic heterocycles. The number of nitrogens with zero attached hydrogens (tertiary/aromatic N) is 4. The summed E-state index contributed by atoms with van der Waals surface area (Å²) in [5.74, 6) is 0.0359. The van der Waals surface area contributed by atoms with Crippen molar-refractivity contribution in [2.45, 2.75) is 38.9 Å². The van der Waals surface area contributed by atoms with E-state index in [4.69, 9.17) is 4.98 Å². The molecule has 0 N–H and O–H groups in total. The lowest BCUT2D eigenvalue weighted by Gasteiger charge is -2.24. The van der Waals surface area contributed by atoms with Gasteiger partial charge in [-0.15, -0.1) is 0 Å². The number of benzene rings is 1. The SMILES string of the molecule is CC(=O)N(C)Cc1cncc([C@@H]2CCCN2Cc2ccccc2)n1. The van der Waals surface area contributed by atoms with Gasteiger partial charge in [0.05, 0.1) is 36.4 Å². The van der Waals surface area contributed by atoms with Crippen molar-refractivity contribution in [1.29, 1.82) is 0 Å². The van der Waals surface area contributed by atoms with E-state index in [1.807, 2.05) is 12.3 Å². The molecule has 1 aliphatic heterocycles. The third-order valence-electron chi connectivity index (χ3n) is 4.57. The Balaban J connectivity index is 1.74. The van der Waals surface area contributed by atoms with E-state index in [1.54, 1.807) is 25.1 Å². The lowest BCUT2D eigenvalue weighted by molar-refractivity contribution is -0.128. The molecule has 1 fully saturated rings. The van der Waals surface area contributed by atoms with Gasteiger partial charge in [0.1, 0.15) is 0 Å². The van der Waals surface area contributed by atoms with Crippen molar-refractivity contribution in [2.24, 2.45) is 0 Å². The minimum atomic E-state index is 0.0359. The molecular weight excluding hydrogens is 300 g/mol. The molecule has 0 bridgehead atoms. The molecule has 0 saturated carbocycles. The zero-order valence-corrected chi connectivity index (χ0v) is 14.4. The van der Waals surface area contributed by atoms with Gasteiger partial charge in [0.2, 0.25) is 5.91 Å². The van der Waals surface area contributed by atoms with Crippen LogP contribution in [-0.2, 0) is 17.9 Å².